The maximum atomic E-state index is 5.83. The van der Waals surface area contributed by atoms with Gasteiger partial charge >= 0.3 is 0 Å². The predicted octanol–water partition coefficient (Wildman–Crippen LogP) is 2.87. The van der Waals surface area contributed by atoms with E-state index in [1.165, 1.54) is 6.42 Å². The minimum Gasteiger partial charge on any atom is -0.383 e. The molecular weight excluding hydrogens is 321 g/mol. The second-order valence-corrected chi connectivity index (χ2v) is 5.38. The number of nitrogens with two attached hydrogens (primary N) is 1. The SMILES string of the molecule is CCCSCc1nc(N)c(I)c(CC)n1. The third-order valence-corrected chi connectivity index (χ3v) is 4.24. The van der Waals surface area contributed by atoms with Crippen LogP contribution in [0.5, 0.6) is 0 Å². The Kier molecular flexibility index (Phi) is 5.66. The molecule has 0 unspecified atom stereocenters. The fraction of sp³-hybridized carbons (Fsp3) is 0.600. The summed E-state index contributed by atoms with van der Waals surface area (Å²) < 4.78 is 0.999. The monoisotopic (exact) mass is 337 g/mol. The van der Waals surface area contributed by atoms with Crippen LogP contribution >= 0.6 is 34.4 Å². The van der Waals surface area contributed by atoms with Gasteiger partial charge in [-0.1, -0.05) is 13.8 Å². The van der Waals surface area contributed by atoms with Gasteiger partial charge in [-0.05, 0) is 41.2 Å². The summed E-state index contributed by atoms with van der Waals surface area (Å²) >= 11 is 4.07. The molecule has 2 N–H and O–H groups in total. The Morgan fingerprint density at radius 2 is 2.07 bits per heavy atom. The van der Waals surface area contributed by atoms with Gasteiger partial charge in [0.1, 0.15) is 11.6 Å². The van der Waals surface area contributed by atoms with Crippen molar-refractivity contribution in [2.24, 2.45) is 0 Å². The van der Waals surface area contributed by atoms with Gasteiger partial charge in [-0.2, -0.15) is 11.8 Å². The van der Waals surface area contributed by atoms with Gasteiger partial charge in [0.25, 0.3) is 0 Å². The molecule has 0 saturated heterocycles. The van der Waals surface area contributed by atoms with Crippen molar-refractivity contribution in [3.05, 3.63) is 15.1 Å². The number of nitrogen functional groups attached to an aromatic ring is 1. The molecule has 5 heteroatoms. The van der Waals surface area contributed by atoms with Crippen LogP contribution in [-0.4, -0.2) is 15.7 Å². The van der Waals surface area contributed by atoms with Gasteiger partial charge in [0, 0.05) is 0 Å². The van der Waals surface area contributed by atoms with E-state index in [-0.39, 0.29) is 0 Å². The highest BCUT2D eigenvalue weighted by Gasteiger charge is 2.08. The Morgan fingerprint density at radius 3 is 2.67 bits per heavy atom. The Balaban J connectivity index is 2.77. The second kappa shape index (κ2) is 6.52. The van der Waals surface area contributed by atoms with Crippen molar-refractivity contribution in [2.45, 2.75) is 32.4 Å². The minimum absolute atomic E-state index is 0.620. The molecule has 0 amide bonds. The van der Waals surface area contributed by atoms with Crippen LogP contribution in [0.15, 0.2) is 0 Å². The number of aryl methyl sites for hydroxylation is 1. The fourth-order valence-corrected chi connectivity index (χ4v) is 2.54. The van der Waals surface area contributed by atoms with E-state index >= 15 is 0 Å². The summed E-state index contributed by atoms with van der Waals surface area (Å²) in [7, 11) is 0. The lowest BCUT2D eigenvalue weighted by Gasteiger charge is -2.06. The quantitative estimate of drug-likeness (QED) is 0.663. The topological polar surface area (TPSA) is 51.8 Å². The molecule has 0 radical (unpaired) electrons. The van der Waals surface area contributed by atoms with E-state index in [2.05, 4.69) is 46.4 Å². The van der Waals surface area contributed by atoms with E-state index < -0.39 is 0 Å². The third kappa shape index (κ3) is 3.79. The minimum atomic E-state index is 0.620. The molecule has 0 aliphatic carbocycles. The lowest BCUT2D eigenvalue weighted by molar-refractivity contribution is 0.932. The van der Waals surface area contributed by atoms with Crippen molar-refractivity contribution < 1.29 is 0 Å². The largest absolute Gasteiger partial charge is 0.383 e. The molecule has 0 aliphatic heterocycles. The van der Waals surface area contributed by atoms with Crippen LogP contribution in [0.1, 0.15) is 31.8 Å². The van der Waals surface area contributed by atoms with Gasteiger partial charge in [-0.3, -0.25) is 0 Å². The first-order valence-corrected chi connectivity index (χ1v) is 7.30. The van der Waals surface area contributed by atoms with E-state index in [0.717, 1.165) is 33.0 Å². The number of hydrogen-bond donors (Lipinski definition) is 1. The summed E-state index contributed by atoms with van der Waals surface area (Å²) in [4.78, 5) is 8.80. The normalized spacial score (nSPS) is 10.6. The molecule has 1 aromatic heterocycles. The van der Waals surface area contributed by atoms with Gasteiger partial charge in [0.2, 0.25) is 0 Å². The molecule has 3 nitrogen and oxygen atoms in total. The standard InChI is InChI=1S/C10H16IN3S/c1-3-5-15-6-8-13-7(4-2)9(11)10(12)14-8/h3-6H2,1-2H3,(H2,12,13,14). The summed E-state index contributed by atoms with van der Waals surface area (Å²) in [6.45, 7) is 4.26. The van der Waals surface area contributed by atoms with E-state index in [0.29, 0.717) is 5.82 Å². The molecule has 1 aromatic rings. The number of hydrogen-bond acceptors (Lipinski definition) is 4. The van der Waals surface area contributed by atoms with Crippen LogP contribution in [0.3, 0.4) is 0 Å². The Hall–Kier alpha value is -0.0400. The van der Waals surface area contributed by atoms with Crippen molar-refractivity contribution in [3.8, 4) is 0 Å². The number of nitrogens with zero attached hydrogens (tertiary/aromatic N) is 2. The smallest absolute Gasteiger partial charge is 0.140 e. The molecular formula is C10H16IN3S. The highest BCUT2D eigenvalue weighted by molar-refractivity contribution is 14.1. The van der Waals surface area contributed by atoms with Crippen molar-refractivity contribution in [2.75, 3.05) is 11.5 Å². The van der Waals surface area contributed by atoms with Crippen molar-refractivity contribution in [1.29, 1.82) is 0 Å². The zero-order chi connectivity index (χ0) is 11.3. The molecule has 0 aromatic carbocycles. The van der Waals surface area contributed by atoms with Crippen LogP contribution in [0.25, 0.3) is 0 Å². The van der Waals surface area contributed by atoms with Gasteiger partial charge in [0.05, 0.1) is 15.0 Å². The molecule has 0 aliphatic rings. The molecule has 0 fully saturated rings. The van der Waals surface area contributed by atoms with E-state index in [1.807, 2.05) is 11.8 Å². The molecule has 15 heavy (non-hydrogen) atoms. The lowest BCUT2D eigenvalue weighted by Crippen LogP contribution is -2.06. The highest BCUT2D eigenvalue weighted by Crippen LogP contribution is 2.19. The van der Waals surface area contributed by atoms with E-state index in [9.17, 15) is 0 Å². The number of halogens is 1. The first-order valence-electron chi connectivity index (χ1n) is 5.07. The van der Waals surface area contributed by atoms with Crippen LogP contribution in [-0.2, 0) is 12.2 Å². The summed E-state index contributed by atoms with van der Waals surface area (Å²) in [6.07, 6.45) is 2.10. The van der Waals surface area contributed by atoms with Crippen LogP contribution in [0.4, 0.5) is 5.82 Å². The van der Waals surface area contributed by atoms with E-state index in [1.54, 1.807) is 0 Å². The van der Waals surface area contributed by atoms with Gasteiger partial charge < -0.3 is 5.73 Å². The summed E-state index contributed by atoms with van der Waals surface area (Å²) in [5.41, 5.74) is 6.90. The lowest BCUT2D eigenvalue weighted by atomic mass is 10.3. The molecule has 0 spiro atoms. The van der Waals surface area contributed by atoms with Crippen molar-refractivity contribution in [3.63, 3.8) is 0 Å². The molecule has 0 bridgehead atoms. The molecule has 0 saturated carbocycles. The Bertz CT molecular complexity index is 331. The maximum absolute atomic E-state index is 5.83. The molecule has 1 rings (SSSR count). The first kappa shape index (κ1) is 13.0. The summed E-state index contributed by atoms with van der Waals surface area (Å²) in [5, 5.41) is 0. The number of anilines is 1. The highest BCUT2D eigenvalue weighted by atomic mass is 127. The average molecular weight is 337 g/mol. The second-order valence-electron chi connectivity index (χ2n) is 3.19. The number of rotatable bonds is 5. The van der Waals surface area contributed by atoms with Crippen LogP contribution in [0, 0.1) is 3.57 Å². The molecule has 0 atom stereocenters. The average Bonchev–Trinajstić information content (AvgIpc) is 2.23. The van der Waals surface area contributed by atoms with Gasteiger partial charge in [-0.15, -0.1) is 0 Å². The molecule has 1 heterocycles. The van der Waals surface area contributed by atoms with E-state index in [4.69, 9.17) is 5.73 Å². The van der Waals surface area contributed by atoms with Crippen molar-refractivity contribution >= 4 is 40.2 Å². The van der Waals surface area contributed by atoms with Crippen LogP contribution in [0.2, 0.25) is 0 Å². The predicted molar refractivity (Wildman–Crippen MR) is 75.0 cm³/mol. The number of aromatic nitrogens is 2. The third-order valence-electron chi connectivity index (χ3n) is 1.91. The first-order chi connectivity index (χ1) is 7.19. The summed E-state index contributed by atoms with van der Waals surface area (Å²) in [5.74, 6) is 3.50. The van der Waals surface area contributed by atoms with Crippen molar-refractivity contribution in [1.82, 2.24) is 9.97 Å². The van der Waals surface area contributed by atoms with Gasteiger partial charge in [0.15, 0.2) is 0 Å². The molecule has 84 valence electrons. The summed E-state index contributed by atoms with van der Waals surface area (Å²) in [6, 6.07) is 0. The zero-order valence-corrected chi connectivity index (χ0v) is 12.1. The zero-order valence-electron chi connectivity index (χ0n) is 9.09. The Labute approximate surface area is 109 Å². The number of thioether (sulfide) groups is 1. The van der Waals surface area contributed by atoms with Gasteiger partial charge in [-0.25, -0.2) is 9.97 Å². The Morgan fingerprint density at radius 1 is 1.33 bits per heavy atom. The van der Waals surface area contributed by atoms with Crippen LogP contribution < -0.4 is 5.73 Å². The maximum Gasteiger partial charge on any atom is 0.140 e. The fourth-order valence-electron chi connectivity index (χ4n) is 1.17.